The van der Waals surface area contributed by atoms with Crippen molar-refractivity contribution in [1.29, 1.82) is 0 Å². The molecule has 0 atom stereocenters. The number of ether oxygens (including phenoxy) is 1. The molecule has 1 fully saturated rings. The second-order valence-electron chi connectivity index (χ2n) is 4.46. The van der Waals surface area contributed by atoms with Crippen LogP contribution in [-0.4, -0.2) is 19.1 Å². The average molecular weight is 272 g/mol. The zero-order valence-electron chi connectivity index (χ0n) is 9.06. The standard InChI is InChI=1S/C12H11Cl2NO2/c13-7-5-8-10(9(14)6-7)15-11(16)12(8)1-3-17-4-2-12/h5-6H,1-4H2,(H,15,16). The van der Waals surface area contributed by atoms with Crippen LogP contribution < -0.4 is 5.32 Å². The predicted octanol–water partition coefficient (Wildman–Crippen LogP) is 2.99. The van der Waals surface area contributed by atoms with Gasteiger partial charge in [0, 0.05) is 18.2 Å². The van der Waals surface area contributed by atoms with Crippen molar-refractivity contribution in [3.05, 3.63) is 27.7 Å². The first-order valence-electron chi connectivity index (χ1n) is 5.52. The van der Waals surface area contributed by atoms with E-state index in [1.807, 2.05) is 6.07 Å². The van der Waals surface area contributed by atoms with Crippen molar-refractivity contribution in [1.82, 2.24) is 0 Å². The van der Waals surface area contributed by atoms with Crippen LogP contribution in [0.2, 0.25) is 10.0 Å². The zero-order valence-corrected chi connectivity index (χ0v) is 10.6. The number of nitrogens with one attached hydrogen (secondary N) is 1. The van der Waals surface area contributed by atoms with Gasteiger partial charge in [0.05, 0.1) is 16.1 Å². The lowest BCUT2D eigenvalue weighted by Gasteiger charge is -2.31. The van der Waals surface area contributed by atoms with Crippen molar-refractivity contribution in [2.45, 2.75) is 18.3 Å². The summed E-state index contributed by atoms with van der Waals surface area (Å²) in [6.07, 6.45) is 1.37. The number of carbonyl (C=O) groups excluding carboxylic acids is 1. The number of carbonyl (C=O) groups is 1. The summed E-state index contributed by atoms with van der Waals surface area (Å²) in [6.45, 7) is 1.19. The lowest BCUT2D eigenvalue weighted by Crippen LogP contribution is -2.39. The fourth-order valence-corrected chi connectivity index (χ4v) is 3.19. The highest BCUT2D eigenvalue weighted by molar-refractivity contribution is 6.37. The Kier molecular flexibility index (Phi) is 2.58. The van der Waals surface area contributed by atoms with Gasteiger partial charge in [-0.25, -0.2) is 0 Å². The van der Waals surface area contributed by atoms with Crippen LogP contribution in [0.1, 0.15) is 18.4 Å². The molecule has 0 unspecified atom stereocenters. The number of amides is 1. The minimum Gasteiger partial charge on any atom is -0.381 e. The lowest BCUT2D eigenvalue weighted by atomic mass is 9.75. The molecule has 2 aliphatic rings. The van der Waals surface area contributed by atoms with Gasteiger partial charge in [-0.05, 0) is 30.5 Å². The van der Waals surface area contributed by atoms with Crippen LogP contribution in [0.4, 0.5) is 5.69 Å². The SMILES string of the molecule is O=C1Nc2c(Cl)cc(Cl)cc2C12CCOCC2. The van der Waals surface area contributed by atoms with E-state index in [0.717, 1.165) is 5.56 Å². The van der Waals surface area contributed by atoms with E-state index in [1.165, 1.54) is 0 Å². The largest absolute Gasteiger partial charge is 0.381 e. The molecule has 5 heteroatoms. The first kappa shape index (κ1) is 11.3. The van der Waals surface area contributed by atoms with Crippen LogP contribution in [-0.2, 0) is 14.9 Å². The van der Waals surface area contributed by atoms with E-state index in [0.29, 0.717) is 41.8 Å². The molecule has 2 aliphatic heterocycles. The quantitative estimate of drug-likeness (QED) is 0.788. The van der Waals surface area contributed by atoms with E-state index >= 15 is 0 Å². The second-order valence-corrected chi connectivity index (χ2v) is 5.30. The summed E-state index contributed by atoms with van der Waals surface area (Å²) in [5.74, 6) is 0.0139. The van der Waals surface area contributed by atoms with Gasteiger partial charge in [0.2, 0.25) is 5.91 Å². The Morgan fingerprint density at radius 1 is 1.24 bits per heavy atom. The molecule has 0 aromatic heterocycles. The Balaban J connectivity index is 2.18. The number of anilines is 1. The molecule has 1 N–H and O–H groups in total. The topological polar surface area (TPSA) is 38.3 Å². The molecule has 3 nitrogen and oxygen atoms in total. The lowest BCUT2D eigenvalue weighted by molar-refractivity contribution is -0.124. The third kappa shape index (κ3) is 1.57. The van der Waals surface area contributed by atoms with E-state index in [4.69, 9.17) is 27.9 Å². The Hall–Kier alpha value is -0.770. The number of benzene rings is 1. The predicted molar refractivity (Wildman–Crippen MR) is 66.8 cm³/mol. The van der Waals surface area contributed by atoms with Gasteiger partial charge in [-0.2, -0.15) is 0 Å². The highest BCUT2D eigenvalue weighted by Crippen LogP contribution is 2.48. The summed E-state index contributed by atoms with van der Waals surface area (Å²) in [4.78, 5) is 12.2. The monoisotopic (exact) mass is 271 g/mol. The third-order valence-electron chi connectivity index (χ3n) is 3.59. The average Bonchev–Trinajstić information content (AvgIpc) is 2.56. The number of hydrogen-bond acceptors (Lipinski definition) is 2. The summed E-state index contributed by atoms with van der Waals surface area (Å²) in [5.41, 5.74) is 1.13. The van der Waals surface area contributed by atoms with Crippen molar-refractivity contribution in [3.8, 4) is 0 Å². The molecule has 0 saturated carbocycles. The molecule has 1 saturated heterocycles. The summed E-state index contributed by atoms with van der Waals surface area (Å²) < 4.78 is 5.33. The second kappa shape index (κ2) is 3.87. The van der Waals surface area contributed by atoms with Crippen LogP contribution in [0.25, 0.3) is 0 Å². The number of hydrogen-bond donors (Lipinski definition) is 1. The van der Waals surface area contributed by atoms with Crippen molar-refractivity contribution in [2.75, 3.05) is 18.5 Å². The maximum absolute atomic E-state index is 12.2. The number of fused-ring (bicyclic) bond motifs is 2. The van der Waals surface area contributed by atoms with Gasteiger partial charge in [0.15, 0.2) is 0 Å². The van der Waals surface area contributed by atoms with Gasteiger partial charge in [0.1, 0.15) is 0 Å². The molecular formula is C12H11Cl2NO2. The Morgan fingerprint density at radius 2 is 1.94 bits per heavy atom. The molecule has 3 rings (SSSR count). The van der Waals surface area contributed by atoms with Gasteiger partial charge in [0.25, 0.3) is 0 Å². The Bertz CT molecular complexity index is 496. The van der Waals surface area contributed by atoms with E-state index in [1.54, 1.807) is 6.07 Å². The first-order chi connectivity index (χ1) is 8.13. The minimum absolute atomic E-state index is 0.0139. The zero-order chi connectivity index (χ0) is 12.0. The van der Waals surface area contributed by atoms with Gasteiger partial charge < -0.3 is 10.1 Å². The molecule has 17 heavy (non-hydrogen) atoms. The Morgan fingerprint density at radius 3 is 2.65 bits per heavy atom. The number of rotatable bonds is 0. The molecule has 0 bridgehead atoms. The van der Waals surface area contributed by atoms with Gasteiger partial charge >= 0.3 is 0 Å². The van der Waals surface area contributed by atoms with Gasteiger partial charge in [-0.15, -0.1) is 0 Å². The van der Waals surface area contributed by atoms with E-state index in [-0.39, 0.29) is 5.91 Å². The first-order valence-corrected chi connectivity index (χ1v) is 6.28. The van der Waals surface area contributed by atoms with Crippen LogP contribution in [0.3, 0.4) is 0 Å². The molecule has 2 heterocycles. The smallest absolute Gasteiger partial charge is 0.235 e. The molecule has 1 amide bonds. The van der Waals surface area contributed by atoms with E-state index < -0.39 is 5.41 Å². The molecule has 0 radical (unpaired) electrons. The molecule has 0 aliphatic carbocycles. The highest BCUT2D eigenvalue weighted by atomic mass is 35.5. The van der Waals surface area contributed by atoms with Crippen LogP contribution in [0.15, 0.2) is 12.1 Å². The summed E-state index contributed by atoms with van der Waals surface area (Å²) in [7, 11) is 0. The highest BCUT2D eigenvalue weighted by Gasteiger charge is 2.48. The van der Waals surface area contributed by atoms with E-state index in [9.17, 15) is 4.79 Å². The normalized spacial score (nSPS) is 21.4. The van der Waals surface area contributed by atoms with Crippen LogP contribution >= 0.6 is 23.2 Å². The fourth-order valence-electron chi connectivity index (χ4n) is 2.65. The van der Waals surface area contributed by atoms with Crippen molar-refractivity contribution >= 4 is 34.8 Å². The van der Waals surface area contributed by atoms with Crippen LogP contribution in [0.5, 0.6) is 0 Å². The molecular weight excluding hydrogens is 261 g/mol. The molecule has 90 valence electrons. The minimum atomic E-state index is -0.498. The summed E-state index contributed by atoms with van der Waals surface area (Å²) in [6, 6.07) is 3.49. The van der Waals surface area contributed by atoms with Gasteiger partial charge in [-0.3, -0.25) is 4.79 Å². The summed E-state index contributed by atoms with van der Waals surface area (Å²) in [5, 5.41) is 3.94. The molecule has 1 spiro atoms. The maximum atomic E-state index is 12.2. The molecule has 1 aromatic rings. The summed E-state index contributed by atoms with van der Waals surface area (Å²) >= 11 is 12.1. The fraction of sp³-hybridized carbons (Fsp3) is 0.417. The third-order valence-corrected chi connectivity index (χ3v) is 4.11. The number of halogens is 2. The molecule has 1 aromatic carbocycles. The maximum Gasteiger partial charge on any atom is 0.235 e. The van der Waals surface area contributed by atoms with Crippen molar-refractivity contribution < 1.29 is 9.53 Å². The van der Waals surface area contributed by atoms with Gasteiger partial charge in [-0.1, -0.05) is 23.2 Å². The Labute approximate surface area is 109 Å². The van der Waals surface area contributed by atoms with Crippen molar-refractivity contribution in [2.24, 2.45) is 0 Å². The van der Waals surface area contributed by atoms with Crippen molar-refractivity contribution in [3.63, 3.8) is 0 Å². The van der Waals surface area contributed by atoms with Crippen LogP contribution in [0, 0.1) is 0 Å². The van der Waals surface area contributed by atoms with E-state index in [2.05, 4.69) is 5.32 Å².